The molecule has 0 aliphatic carbocycles. The van der Waals surface area contributed by atoms with E-state index in [0.717, 1.165) is 5.69 Å². The topological polar surface area (TPSA) is 90.5 Å². The number of rotatable bonds is 3. The summed E-state index contributed by atoms with van der Waals surface area (Å²) in [5, 5.41) is 8.48. The second-order valence-corrected chi connectivity index (χ2v) is 7.60. The molecule has 0 bridgehead atoms. The highest BCUT2D eigenvalue weighted by molar-refractivity contribution is 6.01. The summed E-state index contributed by atoms with van der Waals surface area (Å²) in [4.78, 5) is 38.9. The van der Waals surface area contributed by atoms with Gasteiger partial charge in [0.25, 0.3) is 0 Å². The van der Waals surface area contributed by atoms with Gasteiger partial charge in [0.15, 0.2) is 0 Å². The number of likely N-dealkylation sites (tertiary alicyclic amines) is 1. The Labute approximate surface area is 173 Å². The predicted molar refractivity (Wildman–Crippen MR) is 111 cm³/mol. The number of amides is 4. The lowest BCUT2D eigenvalue weighted by molar-refractivity contribution is -0.127. The quantitative estimate of drug-likeness (QED) is 0.726. The van der Waals surface area contributed by atoms with Gasteiger partial charge in [0, 0.05) is 36.9 Å². The molecule has 2 aliphatic heterocycles. The van der Waals surface area contributed by atoms with Crippen LogP contribution in [0.4, 0.5) is 20.6 Å². The zero-order valence-electron chi connectivity index (χ0n) is 16.4. The molecule has 0 saturated carbocycles. The highest BCUT2D eigenvalue weighted by atomic mass is 19.1. The van der Waals surface area contributed by atoms with Crippen LogP contribution in [0.1, 0.15) is 30.7 Å². The van der Waals surface area contributed by atoms with Crippen molar-refractivity contribution in [2.75, 3.05) is 23.7 Å². The number of benzene rings is 2. The summed E-state index contributed by atoms with van der Waals surface area (Å²) in [5.41, 5.74) is 1.70. The average molecular weight is 410 g/mol. The smallest absolute Gasteiger partial charge is 0.321 e. The first-order chi connectivity index (χ1) is 14.5. The highest BCUT2D eigenvalue weighted by Gasteiger charge is 2.33. The summed E-state index contributed by atoms with van der Waals surface area (Å²) in [6.07, 6.45) is 1.29. The highest BCUT2D eigenvalue weighted by Crippen LogP contribution is 2.33. The number of hydrogen-bond donors (Lipinski definition) is 3. The maximum atomic E-state index is 13.5. The molecule has 0 aromatic heterocycles. The molecular weight excluding hydrogens is 387 g/mol. The van der Waals surface area contributed by atoms with E-state index >= 15 is 0 Å². The lowest BCUT2D eigenvalue weighted by atomic mass is 9.89. The summed E-state index contributed by atoms with van der Waals surface area (Å²) in [6, 6.07) is 13.1. The van der Waals surface area contributed by atoms with Crippen LogP contribution in [0.25, 0.3) is 0 Å². The van der Waals surface area contributed by atoms with Crippen LogP contribution in [-0.2, 0) is 9.59 Å². The molecule has 2 aromatic carbocycles. The maximum absolute atomic E-state index is 13.5. The van der Waals surface area contributed by atoms with Crippen molar-refractivity contribution in [3.8, 4) is 0 Å². The fourth-order valence-corrected chi connectivity index (χ4v) is 3.92. The van der Waals surface area contributed by atoms with Crippen molar-refractivity contribution in [1.82, 2.24) is 10.2 Å². The lowest BCUT2D eigenvalue weighted by Crippen LogP contribution is -2.49. The van der Waals surface area contributed by atoms with Gasteiger partial charge in [0.1, 0.15) is 5.82 Å². The largest absolute Gasteiger partial charge is 0.353 e. The third kappa shape index (κ3) is 4.42. The molecular formula is C22H23FN4O3. The number of fused-ring (bicyclic) bond motifs is 1. The van der Waals surface area contributed by atoms with E-state index in [1.54, 1.807) is 11.0 Å². The Kier molecular flexibility index (Phi) is 5.65. The van der Waals surface area contributed by atoms with E-state index in [0.29, 0.717) is 37.2 Å². The SMILES string of the molecule is O=C1C[C@H](C(=O)NC2CCN(C(=O)Nc3ccccc3)CC2)c2ccc(F)cc2N1. The van der Waals surface area contributed by atoms with Crippen LogP contribution in [0.5, 0.6) is 0 Å². The number of urea groups is 1. The molecule has 0 unspecified atom stereocenters. The molecule has 4 amide bonds. The van der Waals surface area contributed by atoms with E-state index in [-0.39, 0.29) is 30.3 Å². The normalized spacial score (nSPS) is 18.9. The molecule has 1 saturated heterocycles. The van der Waals surface area contributed by atoms with Gasteiger partial charge in [-0.05, 0) is 42.7 Å². The van der Waals surface area contributed by atoms with Crippen LogP contribution in [0.3, 0.4) is 0 Å². The van der Waals surface area contributed by atoms with E-state index in [4.69, 9.17) is 0 Å². The Morgan fingerprint density at radius 2 is 1.80 bits per heavy atom. The minimum atomic E-state index is -0.645. The lowest BCUT2D eigenvalue weighted by Gasteiger charge is -2.33. The number of carbonyl (C=O) groups is 3. The van der Waals surface area contributed by atoms with Crippen molar-refractivity contribution in [2.24, 2.45) is 0 Å². The second kappa shape index (κ2) is 8.52. The molecule has 8 heteroatoms. The van der Waals surface area contributed by atoms with Crippen LogP contribution >= 0.6 is 0 Å². The van der Waals surface area contributed by atoms with Crippen LogP contribution in [0, 0.1) is 5.82 Å². The van der Waals surface area contributed by atoms with Gasteiger partial charge in [-0.15, -0.1) is 0 Å². The number of carbonyl (C=O) groups excluding carboxylic acids is 3. The van der Waals surface area contributed by atoms with Crippen LogP contribution < -0.4 is 16.0 Å². The summed E-state index contributed by atoms with van der Waals surface area (Å²) in [6.45, 7) is 1.05. The first-order valence-electron chi connectivity index (χ1n) is 10.0. The molecule has 2 aromatic rings. The van der Waals surface area contributed by atoms with E-state index < -0.39 is 11.7 Å². The Bertz CT molecular complexity index is 958. The van der Waals surface area contributed by atoms with Crippen molar-refractivity contribution in [2.45, 2.75) is 31.2 Å². The zero-order chi connectivity index (χ0) is 21.1. The molecule has 2 heterocycles. The van der Waals surface area contributed by atoms with Crippen LogP contribution in [-0.4, -0.2) is 41.9 Å². The molecule has 0 spiro atoms. The van der Waals surface area contributed by atoms with Gasteiger partial charge in [0.05, 0.1) is 5.92 Å². The van der Waals surface area contributed by atoms with Crippen LogP contribution in [0.15, 0.2) is 48.5 Å². The Hall–Kier alpha value is -3.42. The van der Waals surface area contributed by atoms with Gasteiger partial charge >= 0.3 is 6.03 Å². The van der Waals surface area contributed by atoms with Crippen molar-refractivity contribution in [3.05, 3.63) is 59.9 Å². The molecule has 156 valence electrons. The second-order valence-electron chi connectivity index (χ2n) is 7.60. The molecule has 30 heavy (non-hydrogen) atoms. The van der Waals surface area contributed by atoms with Crippen LogP contribution in [0.2, 0.25) is 0 Å². The summed E-state index contributed by atoms with van der Waals surface area (Å²) < 4.78 is 13.5. The number of nitrogens with one attached hydrogen (secondary N) is 3. The van der Waals surface area contributed by atoms with Gasteiger partial charge in [-0.2, -0.15) is 0 Å². The standard InChI is InChI=1S/C22H23FN4O3/c23-14-6-7-17-18(13-20(28)26-19(17)12-14)21(29)24-16-8-10-27(11-9-16)22(30)25-15-4-2-1-3-5-15/h1-7,12,16,18H,8-11,13H2,(H,24,29)(H,25,30)(H,26,28)/t18-/m0/s1. The van der Waals surface area contributed by atoms with Crippen molar-refractivity contribution in [3.63, 3.8) is 0 Å². The first-order valence-corrected chi connectivity index (χ1v) is 10.0. The minimum absolute atomic E-state index is 0.0305. The monoisotopic (exact) mass is 410 g/mol. The van der Waals surface area contributed by atoms with Gasteiger partial charge in [-0.3, -0.25) is 9.59 Å². The Morgan fingerprint density at radius 3 is 2.53 bits per heavy atom. The number of hydrogen-bond acceptors (Lipinski definition) is 3. The molecule has 7 nitrogen and oxygen atoms in total. The number of piperidine rings is 1. The number of nitrogens with zero attached hydrogens (tertiary/aromatic N) is 1. The van der Waals surface area contributed by atoms with E-state index in [2.05, 4.69) is 16.0 Å². The number of anilines is 2. The van der Waals surface area contributed by atoms with Crippen molar-refractivity contribution < 1.29 is 18.8 Å². The van der Waals surface area contributed by atoms with Crippen molar-refractivity contribution in [1.29, 1.82) is 0 Å². The molecule has 1 atom stereocenters. The fraction of sp³-hybridized carbons (Fsp3) is 0.318. The number of halogens is 1. The molecule has 1 fully saturated rings. The van der Waals surface area contributed by atoms with Gasteiger partial charge in [-0.1, -0.05) is 24.3 Å². The van der Waals surface area contributed by atoms with Gasteiger partial charge in [-0.25, -0.2) is 9.18 Å². The van der Waals surface area contributed by atoms with E-state index in [1.165, 1.54) is 12.1 Å². The van der Waals surface area contributed by atoms with Gasteiger partial charge < -0.3 is 20.9 Å². The van der Waals surface area contributed by atoms with E-state index in [1.807, 2.05) is 30.3 Å². The maximum Gasteiger partial charge on any atom is 0.321 e. The minimum Gasteiger partial charge on any atom is -0.353 e. The fourth-order valence-electron chi connectivity index (χ4n) is 3.92. The predicted octanol–water partition coefficient (Wildman–Crippen LogP) is 3.06. The zero-order valence-corrected chi connectivity index (χ0v) is 16.4. The van der Waals surface area contributed by atoms with Gasteiger partial charge in [0.2, 0.25) is 11.8 Å². The molecule has 4 rings (SSSR count). The van der Waals surface area contributed by atoms with E-state index in [9.17, 15) is 18.8 Å². The first kappa shape index (κ1) is 19.9. The molecule has 3 N–H and O–H groups in total. The summed E-state index contributed by atoms with van der Waals surface area (Å²) in [7, 11) is 0. The summed E-state index contributed by atoms with van der Waals surface area (Å²) >= 11 is 0. The Balaban J connectivity index is 1.33. The summed E-state index contributed by atoms with van der Waals surface area (Å²) in [5.74, 6) is -1.66. The molecule has 2 aliphatic rings. The average Bonchev–Trinajstić information content (AvgIpc) is 2.74. The molecule has 0 radical (unpaired) electrons. The number of para-hydroxylation sites is 1. The Morgan fingerprint density at radius 1 is 1.07 bits per heavy atom. The third-order valence-electron chi connectivity index (χ3n) is 5.52. The van der Waals surface area contributed by atoms with Crippen molar-refractivity contribution >= 4 is 29.2 Å². The third-order valence-corrected chi connectivity index (χ3v) is 5.52.